The van der Waals surface area contributed by atoms with Crippen molar-refractivity contribution in [2.24, 2.45) is 5.41 Å². The van der Waals surface area contributed by atoms with Gasteiger partial charge in [-0.2, -0.15) is 0 Å². The summed E-state index contributed by atoms with van der Waals surface area (Å²) in [5, 5.41) is 2.23. The summed E-state index contributed by atoms with van der Waals surface area (Å²) in [6, 6.07) is 14.0. The van der Waals surface area contributed by atoms with Gasteiger partial charge in [0, 0.05) is 5.39 Å². The standard InChI is InChI=1S/C15H16O2/c1-15(2,10-16)11-17-14-9-5-7-12-6-3-4-8-13(12)14/h3-10H,11H2,1-2H3. The summed E-state index contributed by atoms with van der Waals surface area (Å²) in [5.41, 5.74) is -0.447. The summed E-state index contributed by atoms with van der Waals surface area (Å²) >= 11 is 0. The largest absolute Gasteiger partial charge is 0.492 e. The Bertz CT molecular complexity index is 524. The molecule has 0 aromatic heterocycles. The van der Waals surface area contributed by atoms with Gasteiger partial charge in [-0.25, -0.2) is 0 Å². The first-order chi connectivity index (χ1) is 8.12. The van der Waals surface area contributed by atoms with Crippen LogP contribution in [0.15, 0.2) is 42.5 Å². The van der Waals surface area contributed by atoms with E-state index in [1.54, 1.807) is 0 Å². The lowest BCUT2D eigenvalue weighted by Gasteiger charge is -2.18. The highest BCUT2D eigenvalue weighted by molar-refractivity contribution is 5.88. The molecular weight excluding hydrogens is 212 g/mol. The Hall–Kier alpha value is -1.83. The van der Waals surface area contributed by atoms with Crippen LogP contribution in [0.25, 0.3) is 10.8 Å². The van der Waals surface area contributed by atoms with E-state index < -0.39 is 5.41 Å². The summed E-state index contributed by atoms with van der Waals surface area (Å²) in [6.45, 7) is 4.13. The highest BCUT2D eigenvalue weighted by atomic mass is 16.5. The molecule has 0 amide bonds. The number of hydrogen-bond donors (Lipinski definition) is 0. The number of carbonyl (C=O) groups excluding carboxylic acids is 1. The molecule has 2 aromatic rings. The lowest BCUT2D eigenvalue weighted by molar-refractivity contribution is -0.115. The number of rotatable bonds is 4. The van der Waals surface area contributed by atoms with Crippen LogP contribution < -0.4 is 4.74 Å². The normalized spacial score (nSPS) is 11.4. The van der Waals surface area contributed by atoms with Crippen LogP contribution >= 0.6 is 0 Å². The lowest BCUT2D eigenvalue weighted by Crippen LogP contribution is -2.22. The van der Waals surface area contributed by atoms with Gasteiger partial charge >= 0.3 is 0 Å². The Morgan fingerprint density at radius 2 is 1.82 bits per heavy atom. The third kappa shape index (κ3) is 2.64. The molecule has 0 aliphatic rings. The van der Waals surface area contributed by atoms with Crippen molar-refractivity contribution in [1.29, 1.82) is 0 Å². The van der Waals surface area contributed by atoms with Gasteiger partial charge in [0.25, 0.3) is 0 Å². The molecule has 2 heteroatoms. The third-order valence-electron chi connectivity index (χ3n) is 2.67. The van der Waals surface area contributed by atoms with Gasteiger partial charge in [-0.15, -0.1) is 0 Å². The molecule has 2 aromatic carbocycles. The second-order valence-corrected chi connectivity index (χ2v) is 4.87. The van der Waals surface area contributed by atoms with Gasteiger partial charge in [-0.1, -0.05) is 36.4 Å². The minimum Gasteiger partial charge on any atom is -0.492 e. The maximum atomic E-state index is 10.8. The van der Waals surface area contributed by atoms with Crippen LogP contribution in [-0.4, -0.2) is 12.9 Å². The first kappa shape index (κ1) is 11.6. The Balaban J connectivity index is 2.27. The molecule has 0 aliphatic carbocycles. The van der Waals surface area contributed by atoms with E-state index in [9.17, 15) is 4.79 Å². The number of carbonyl (C=O) groups is 1. The zero-order valence-corrected chi connectivity index (χ0v) is 10.1. The number of benzene rings is 2. The van der Waals surface area contributed by atoms with Gasteiger partial charge in [-0.05, 0) is 25.3 Å². The van der Waals surface area contributed by atoms with Crippen LogP contribution in [0, 0.1) is 5.41 Å². The van der Waals surface area contributed by atoms with Crippen LogP contribution in [0.3, 0.4) is 0 Å². The van der Waals surface area contributed by atoms with Gasteiger partial charge in [0.2, 0.25) is 0 Å². The molecule has 0 spiro atoms. The van der Waals surface area contributed by atoms with Crippen molar-refractivity contribution in [3.8, 4) is 5.75 Å². The molecular formula is C15H16O2. The number of fused-ring (bicyclic) bond motifs is 1. The highest BCUT2D eigenvalue weighted by Gasteiger charge is 2.17. The van der Waals surface area contributed by atoms with Gasteiger partial charge < -0.3 is 9.53 Å². The summed E-state index contributed by atoms with van der Waals surface area (Å²) in [5.74, 6) is 0.832. The molecule has 0 heterocycles. The fourth-order valence-corrected chi connectivity index (χ4v) is 1.62. The molecule has 17 heavy (non-hydrogen) atoms. The molecule has 0 bridgehead atoms. The summed E-state index contributed by atoms with van der Waals surface area (Å²) < 4.78 is 5.74. The SMILES string of the molecule is CC(C)(C=O)COc1cccc2ccccc12. The summed E-state index contributed by atoms with van der Waals surface area (Å²) in [6.07, 6.45) is 0.929. The highest BCUT2D eigenvalue weighted by Crippen LogP contribution is 2.26. The molecule has 0 aliphatic heterocycles. The molecule has 2 nitrogen and oxygen atoms in total. The van der Waals surface area contributed by atoms with Crippen molar-refractivity contribution in [3.05, 3.63) is 42.5 Å². The molecule has 0 N–H and O–H groups in total. The zero-order chi connectivity index (χ0) is 12.3. The van der Waals surface area contributed by atoms with E-state index in [1.807, 2.05) is 56.3 Å². The lowest BCUT2D eigenvalue weighted by atomic mass is 9.97. The Morgan fingerprint density at radius 1 is 1.12 bits per heavy atom. The summed E-state index contributed by atoms with van der Waals surface area (Å²) in [4.78, 5) is 10.8. The maximum Gasteiger partial charge on any atom is 0.128 e. The second kappa shape index (κ2) is 4.58. The molecule has 88 valence electrons. The minimum absolute atomic E-state index is 0.393. The maximum absolute atomic E-state index is 10.8. The van der Waals surface area contributed by atoms with Gasteiger partial charge in [0.1, 0.15) is 12.0 Å². The fraction of sp³-hybridized carbons (Fsp3) is 0.267. The van der Waals surface area contributed by atoms with E-state index in [2.05, 4.69) is 0 Å². The van der Waals surface area contributed by atoms with Crippen LogP contribution in [0.1, 0.15) is 13.8 Å². The monoisotopic (exact) mass is 228 g/mol. The Labute approximate surface area is 101 Å². The smallest absolute Gasteiger partial charge is 0.128 e. The van der Waals surface area contributed by atoms with Crippen LogP contribution in [0.2, 0.25) is 0 Å². The minimum atomic E-state index is -0.447. The van der Waals surface area contributed by atoms with Crippen molar-refractivity contribution < 1.29 is 9.53 Å². The van der Waals surface area contributed by atoms with Crippen LogP contribution in [0.5, 0.6) is 5.75 Å². The van der Waals surface area contributed by atoms with Crippen molar-refractivity contribution in [1.82, 2.24) is 0 Å². The van der Waals surface area contributed by atoms with Crippen molar-refractivity contribution in [3.63, 3.8) is 0 Å². The number of aldehydes is 1. The second-order valence-electron chi connectivity index (χ2n) is 4.87. The fourth-order valence-electron chi connectivity index (χ4n) is 1.62. The van der Waals surface area contributed by atoms with E-state index in [0.29, 0.717) is 6.61 Å². The van der Waals surface area contributed by atoms with Crippen LogP contribution in [0.4, 0.5) is 0 Å². The van der Waals surface area contributed by atoms with Gasteiger partial charge in [0.05, 0.1) is 12.0 Å². The van der Waals surface area contributed by atoms with Crippen molar-refractivity contribution in [2.75, 3.05) is 6.61 Å². The third-order valence-corrected chi connectivity index (χ3v) is 2.67. The first-order valence-corrected chi connectivity index (χ1v) is 5.69. The molecule has 0 fully saturated rings. The van der Waals surface area contributed by atoms with Crippen molar-refractivity contribution in [2.45, 2.75) is 13.8 Å². The molecule has 0 atom stereocenters. The molecule has 0 radical (unpaired) electrons. The van der Waals surface area contributed by atoms with Gasteiger partial charge in [0.15, 0.2) is 0 Å². The molecule has 0 saturated carbocycles. The topological polar surface area (TPSA) is 26.3 Å². The van der Waals surface area contributed by atoms with E-state index in [-0.39, 0.29) is 0 Å². The predicted octanol–water partition coefficient (Wildman–Crippen LogP) is 3.44. The van der Waals surface area contributed by atoms with Gasteiger partial charge in [-0.3, -0.25) is 0 Å². The van der Waals surface area contributed by atoms with E-state index in [1.165, 1.54) is 0 Å². The van der Waals surface area contributed by atoms with E-state index in [0.717, 1.165) is 22.8 Å². The zero-order valence-electron chi connectivity index (χ0n) is 10.1. The predicted molar refractivity (Wildman–Crippen MR) is 69.3 cm³/mol. The van der Waals surface area contributed by atoms with E-state index in [4.69, 9.17) is 4.74 Å². The Morgan fingerprint density at radius 3 is 2.59 bits per heavy atom. The van der Waals surface area contributed by atoms with E-state index >= 15 is 0 Å². The van der Waals surface area contributed by atoms with Crippen LogP contribution in [-0.2, 0) is 4.79 Å². The number of ether oxygens (including phenoxy) is 1. The van der Waals surface area contributed by atoms with Crippen molar-refractivity contribution >= 4 is 17.1 Å². The quantitative estimate of drug-likeness (QED) is 0.749. The molecule has 0 saturated heterocycles. The Kier molecular flexibility index (Phi) is 3.14. The summed E-state index contributed by atoms with van der Waals surface area (Å²) in [7, 11) is 0. The average Bonchev–Trinajstić information content (AvgIpc) is 2.36. The first-order valence-electron chi connectivity index (χ1n) is 5.69. The average molecular weight is 228 g/mol. The molecule has 0 unspecified atom stereocenters. The molecule has 2 rings (SSSR count). The number of hydrogen-bond acceptors (Lipinski definition) is 2.